The van der Waals surface area contributed by atoms with Crippen molar-refractivity contribution in [2.75, 3.05) is 5.32 Å². The number of halogens is 2. The highest BCUT2D eigenvalue weighted by Crippen LogP contribution is 2.31. The number of anilines is 1. The lowest BCUT2D eigenvalue weighted by atomic mass is 10.3. The Morgan fingerprint density at radius 3 is 2.83 bits per heavy atom. The summed E-state index contributed by atoms with van der Waals surface area (Å²) in [4.78, 5) is 4.87. The zero-order valence-electron chi connectivity index (χ0n) is 9.69. The largest absolute Gasteiger partial charge is 0.378 e. The molecule has 2 aromatic rings. The fourth-order valence-electron chi connectivity index (χ4n) is 1.49. The van der Waals surface area contributed by atoms with Gasteiger partial charge in [-0.2, -0.15) is 8.78 Å². The molecule has 0 aliphatic rings. The molecule has 0 atom stereocenters. The molecular formula is C12H12F2N2S2. The lowest BCUT2D eigenvalue weighted by Gasteiger charge is -2.10. The number of benzene rings is 1. The number of nitrogens with zero attached hydrogens (tertiary/aromatic N) is 1. The molecule has 0 spiro atoms. The number of aromatic nitrogens is 1. The molecule has 0 unspecified atom stereocenters. The topological polar surface area (TPSA) is 24.9 Å². The number of aryl methyl sites for hydroxylation is 1. The van der Waals surface area contributed by atoms with Crippen molar-refractivity contribution in [2.45, 2.75) is 24.1 Å². The van der Waals surface area contributed by atoms with Crippen LogP contribution in [0.1, 0.15) is 10.7 Å². The molecule has 18 heavy (non-hydrogen) atoms. The van der Waals surface area contributed by atoms with E-state index in [4.69, 9.17) is 0 Å². The number of thiazole rings is 1. The van der Waals surface area contributed by atoms with Crippen molar-refractivity contribution in [3.8, 4) is 0 Å². The number of hydrogen-bond donors (Lipinski definition) is 1. The van der Waals surface area contributed by atoms with Gasteiger partial charge in [0.15, 0.2) is 0 Å². The standard InChI is InChI=1S/C12H12F2N2S2/c1-8-16-9(7-17-8)6-15-10-4-2-3-5-11(10)18-12(13)14/h2-5,7,12,15H,6H2,1H3. The Balaban J connectivity index is 2.04. The van der Waals surface area contributed by atoms with Gasteiger partial charge >= 0.3 is 0 Å². The number of para-hydroxylation sites is 1. The summed E-state index contributed by atoms with van der Waals surface area (Å²) in [5, 5.41) is 6.10. The third kappa shape index (κ3) is 3.68. The molecule has 0 bridgehead atoms. The molecule has 1 aromatic heterocycles. The molecule has 2 rings (SSSR count). The Labute approximate surface area is 112 Å². The van der Waals surface area contributed by atoms with Crippen LogP contribution in [-0.2, 0) is 6.54 Å². The van der Waals surface area contributed by atoms with Crippen LogP contribution >= 0.6 is 23.1 Å². The summed E-state index contributed by atoms with van der Waals surface area (Å²) < 4.78 is 24.8. The molecule has 0 saturated heterocycles. The second kappa shape index (κ2) is 6.15. The van der Waals surface area contributed by atoms with E-state index in [9.17, 15) is 8.78 Å². The Kier molecular flexibility index (Phi) is 4.54. The molecule has 96 valence electrons. The normalized spacial score (nSPS) is 10.9. The Morgan fingerprint density at radius 2 is 2.17 bits per heavy atom. The number of thioether (sulfide) groups is 1. The Bertz CT molecular complexity index is 514. The van der Waals surface area contributed by atoms with Crippen LogP contribution < -0.4 is 5.32 Å². The molecule has 2 nitrogen and oxygen atoms in total. The molecule has 0 saturated carbocycles. The quantitative estimate of drug-likeness (QED) is 0.826. The summed E-state index contributed by atoms with van der Waals surface area (Å²) >= 11 is 2.13. The lowest BCUT2D eigenvalue weighted by molar-refractivity contribution is 0.252. The van der Waals surface area contributed by atoms with Gasteiger partial charge in [-0.1, -0.05) is 23.9 Å². The highest BCUT2D eigenvalue weighted by molar-refractivity contribution is 7.99. The van der Waals surface area contributed by atoms with Crippen LogP contribution in [0.15, 0.2) is 34.5 Å². The third-order valence-corrected chi connectivity index (χ3v) is 3.84. The summed E-state index contributed by atoms with van der Waals surface area (Å²) in [6, 6.07) is 7.06. The number of alkyl halides is 2. The molecule has 0 radical (unpaired) electrons. The van der Waals surface area contributed by atoms with E-state index in [1.807, 2.05) is 18.4 Å². The summed E-state index contributed by atoms with van der Waals surface area (Å²) in [5.74, 6) is -2.41. The first kappa shape index (κ1) is 13.3. The summed E-state index contributed by atoms with van der Waals surface area (Å²) in [6.45, 7) is 2.49. The van der Waals surface area contributed by atoms with Gasteiger partial charge in [0.2, 0.25) is 0 Å². The lowest BCUT2D eigenvalue weighted by Crippen LogP contribution is -2.01. The van der Waals surface area contributed by atoms with Crippen LogP contribution in [0.3, 0.4) is 0 Å². The van der Waals surface area contributed by atoms with Crippen LogP contribution in [0.25, 0.3) is 0 Å². The first-order chi connectivity index (χ1) is 8.65. The van der Waals surface area contributed by atoms with Gasteiger partial charge in [-0.05, 0) is 19.1 Å². The van der Waals surface area contributed by atoms with Crippen molar-refractivity contribution in [1.29, 1.82) is 0 Å². The summed E-state index contributed by atoms with van der Waals surface area (Å²) in [5.41, 5.74) is 1.64. The van der Waals surface area contributed by atoms with Crippen molar-refractivity contribution < 1.29 is 8.78 Å². The van der Waals surface area contributed by atoms with Gasteiger partial charge in [-0.25, -0.2) is 4.98 Å². The van der Waals surface area contributed by atoms with Gasteiger partial charge in [0, 0.05) is 16.0 Å². The van der Waals surface area contributed by atoms with E-state index in [2.05, 4.69) is 10.3 Å². The van der Waals surface area contributed by atoms with E-state index in [1.54, 1.807) is 29.5 Å². The maximum atomic E-state index is 12.4. The average Bonchev–Trinajstić information content (AvgIpc) is 2.73. The number of hydrogen-bond acceptors (Lipinski definition) is 4. The molecule has 1 aromatic carbocycles. The van der Waals surface area contributed by atoms with E-state index in [0.29, 0.717) is 28.9 Å². The van der Waals surface area contributed by atoms with Gasteiger partial charge in [-0.3, -0.25) is 0 Å². The molecule has 0 fully saturated rings. The van der Waals surface area contributed by atoms with Crippen LogP contribution in [0.2, 0.25) is 0 Å². The van der Waals surface area contributed by atoms with Crippen molar-refractivity contribution in [1.82, 2.24) is 4.98 Å². The van der Waals surface area contributed by atoms with Gasteiger partial charge in [0.1, 0.15) is 0 Å². The number of rotatable bonds is 5. The Morgan fingerprint density at radius 1 is 1.39 bits per heavy atom. The van der Waals surface area contributed by atoms with Crippen molar-refractivity contribution in [3.63, 3.8) is 0 Å². The van der Waals surface area contributed by atoms with E-state index in [-0.39, 0.29) is 0 Å². The molecule has 1 heterocycles. The molecule has 0 amide bonds. The smallest absolute Gasteiger partial charge is 0.288 e. The van der Waals surface area contributed by atoms with Crippen molar-refractivity contribution >= 4 is 28.8 Å². The third-order valence-electron chi connectivity index (χ3n) is 2.23. The first-order valence-corrected chi connectivity index (χ1v) is 7.10. The van der Waals surface area contributed by atoms with Gasteiger partial charge < -0.3 is 5.32 Å². The van der Waals surface area contributed by atoms with Crippen molar-refractivity contribution in [2.24, 2.45) is 0 Å². The maximum absolute atomic E-state index is 12.4. The van der Waals surface area contributed by atoms with E-state index in [1.165, 1.54) is 0 Å². The molecule has 0 aliphatic heterocycles. The second-order valence-electron chi connectivity index (χ2n) is 3.59. The molecule has 1 N–H and O–H groups in total. The van der Waals surface area contributed by atoms with E-state index >= 15 is 0 Å². The highest BCUT2D eigenvalue weighted by Gasteiger charge is 2.09. The minimum Gasteiger partial charge on any atom is -0.378 e. The minimum absolute atomic E-state index is 0.547. The number of nitrogens with one attached hydrogen (secondary N) is 1. The molecule has 6 heteroatoms. The molecule has 0 aliphatic carbocycles. The Hall–Kier alpha value is -1.14. The average molecular weight is 286 g/mol. The SMILES string of the molecule is Cc1nc(CNc2ccccc2SC(F)F)cs1. The van der Waals surface area contributed by atoms with Crippen LogP contribution in [0, 0.1) is 6.92 Å². The van der Waals surface area contributed by atoms with E-state index in [0.717, 1.165) is 10.7 Å². The van der Waals surface area contributed by atoms with Crippen LogP contribution in [-0.4, -0.2) is 10.7 Å². The minimum atomic E-state index is -2.41. The zero-order valence-corrected chi connectivity index (χ0v) is 11.3. The fraction of sp³-hybridized carbons (Fsp3) is 0.250. The van der Waals surface area contributed by atoms with Gasteiger partial charge in [0.25, 0.3) is 5.76 Å². The van der Waals surface area contributed by atoms with Gasteiger partial charge in [0.05, 0.1) is 17.2 Å². The predicted molar refractivity (Wildman–Crippen MR) is 72.5 cm³/mol. The first-order valence-electron chi connectivity index (χ1n) is 5.34. The monoisotopic (exact) mass is 286 g/mol. The molecular weight excluding hydrogens is 274 g/mol. The summed E-state index contributed by atoms with van der Waals surface area (Å²) in [7, 11) is 0. The predicted octanol–water partition coefficient (Wildman–Crippen LogP) is 4.38. The van der Waals surface area contributed by atoms with Gasteiger partial charge in [-0.15, -0.1) is 11.3 Å². The van der Waals surface area contributed by atoms with Crippen LogP contribution in [0.4, 0.5) is 14.5 Å². The van der Waals surface area contributed by atoms with E-state index < -0.39 is 5.76 Å². The van der Waals surface area contributed by atoms with Crippen LogP contribution in [0.5, 0.6) is 0 Å². The zero-order chi connectivity index (χ0) is 13.0. The highest BCUT2D eigenvalue weighted by atomic mass is 32.2. The fourth-order valence-corrected chi connectivity index (χ4v) is 2.72. The summed E-state index contributed by atoms with van der Waals surface area (Å²) in [6.07, 6.45) is 0. The second-order valence-corrected chi connectivity index (χ2v) is 5.68. The maximum Gasteiger partial charge on any atom is 0.288 e. The van der Waals surface area contributed by atoms with Crippen molar-refractivity contribution in [3.05, 3.63) is 40.3 Å².